The second-order valence-electron chi connectivity index (χ2n) is 10.5. The van der Waals surface area contributed by atoms with E-state index >= 15 is 0 Å². The summed E-state index contributed by atoms with van der Waals surface area (Å²) in [6.07, 6.45) is -3.76. The highest BCUT2D eigenvalue weighted by atomic mass is 19.4. The molecular weight excluding hydrogens is 489 g/mol. The molecule has 1 aliphatic heterocycles. The van der Waals surface area contributed by atoms with Gasteiger partial charge in [0.25, 0.3) is 0 Å². The maximum Gasteiger partial charge on any atom is 0.471 e. The maximum atomic E-state index is 13.6. The third-order valence-electron chi connectivity index (χ3n) is 7.54. The molecule has 9 nitrogen and oxygen atoms in total. The summed E-state index contributed by atoms with van der Waals surface area (Å²) in [5.74, 6) is -4.51. The molecule has 2 aromatic rings. The second kappa shape index (κ2) is 9.28. The van der Waals surface area contributed by atoms with Crippen LogP contribution in [0.15, 0.2) is 30.5 Å². The number of fused-ring (bicyclic) bond motifs is 2. The molecule has 1 aliphatic carbocycles. The van der Waals surface area contributed by atoms with Gasteiger partial charge in [-0.05, 0) is 29.2 Å². The van der Waals surface area contributed by atoms with Gasteiger partial charge in [-0.25, -0.2) is 0 Å². The number of nitrogens with one attached hydrogen (secondary N) is 2. The molecule has 5 atom stereocenters. The number of nitriles is 1. The highest BCUT2D eigenvalue weighted by molar-refractivity contribution is 5.95. The van der Waals surface area contributed by atoms with Crippen molar-refractivity contribution in [2.45, 2.75) is 52.0 Å². The molecule has 2 unspecified atom stereocenters. The van der Waals surface area contributed by atoms with Gasteiger partial charge in [-0.2, -0.15) is 28.6 Å². The molecule has 1 aromatic carbocycles. The van der Waals surface area contributed by atoms with E-state index in [0.717, 1.165) is 0 Å². The number of piperidine rings is 1. The van der Waals surface area contributed by atoms with Crippen LogP contribution in [0.4, 0.5) is 13.2 Å². The molecule has 2 heterocycles. The van der Waals surface area contributed by atoms with Crippen molar-refractivity contribution in [3.63, 3.8) is 0 Å². The predicted molar refractivity (Wildman–Crippen MR) is 125 cm³/mol. The van der Waals surface area contributed by atoms with Crippen molar-refractivity contribution in [3.8, 4) is 6.07 Å². The van der Waals surface area contributed by atoms with Crippen molar-refractivity contribution >= 4 is 28.6 Å². The molecule has 12 heteroatoms. The fourth-order valence-corrected chi connectivity index (χ4v) is 5.39. The number of halogens is 3. The normalized spacial score (nSPS) is 23.6. The van der Waals surface area contributed by atoms with E-state index in [1.54, 1.807) is 29.6 Å². The summed E-state index contributed by atoms with van der Waals surface area (Å²) >= 11 is 0. The van der Waals surface area contributed by atoms with Gasteiger partial charge in [0.2, 0.25) is 11.8 Å². The van der Waals surface area contributed by atoms with E-state index in [1.165, 1.54) is 24.9 Å². The van der Waals surface area contributed by atoms with Crippen molar-refractivity contribution in [3.05, 3.63) is 36.0 Å². The number of likely N-dealkylation sites (tertiary alicyclic amines) is 1. The molecule has 0 bridgehead atoms. The molecule has 2 fully saturated rings. The van der Waals surface area contributed by atoms with Gasteiger partial charge in [-0.15, -0.1) is 0 Å². The summed E-state index contributed by atoms with van der Waals surface area (Å²) in [6.45, 7) is 7.11. The molecule has 2 N–H and O–H groups in total. The van der Waals surface area contributed by atoms with Crippen molar-refractivity contribution < 1.29 is 27.6 Å². The van der Waals surface area contributed by atoms with Crippen molar-refractivity contribution in [2.24, 2.45) is 23.2 Å². The van der Waals surface area contributed by atoms with Gasteiger partial charge in [0.15, 0.2) is 0 Å². The van der Waals surface area contributed by atoms with Crippen LogP contribution >= 0.6 is 0 Å². The first-order valence-electron chi connectivity index (χ1n) is 11.9. The van der Waals surface area contributed by atoms with E-state index in [0.29, 0.717) is 16.5 Å². The fourth-order valence-electron chi connectivity index (χ4n) is 5.39. The molecule has 0 spiro atoms. The zero-order valence-corrected chi connectivity index (χ0v) is 20.7. The number of hydrogen-bond donors (Lipinski definition) is 2. The number of carbonyl (C=O) groups is 3. The van der Waals surface area contributed by atoms with E-state index in [1.807, 2.05) is 13.8 Å². The Morgan fingerprint density at radius 1 is 1.19 bits per heavy atom. The number of rotatable bonds is 6. The van der Waals surface area contributed by atoms with Gasteiger partial charge >= 0.3 is 12.1 Å². The summed E-state index contributed by atoms with van der Waals surface area (Å²) in [5.41, 5.74) is 0.700. The summed E-state index contributed by atoms with van der Waals surface area (Å²) in [5, 5.41) is 22.9. The Morgan fingerprint density at radius 3 is 2.49 bits per heavy atom. The lowest BCUT2D eigenvalue weighted by atomic mass is 9.96. The van der Waals surface area contributed by atoms with Gasteiger partial charge in [-0.1, -0.05) is 45.9 Å². The van der Waals surface area contributed by atoms with E-state index in [-0.39, 0.29) is 23.8 Å². The van der Waals surface area contributed by atoms with Gasteiger partial charge in [0.05, 0.1) is 17.8 Å². The Kier molecular flexibility index (Phi) is 6.60. The van der Waals surface area contributed by atoms with Crippen molar-refractivity contribution in [2.75, 3.05) is 6.54 Å². The number of nitrogens with zero attached hydrogens (tertiary/aromatic N) is 4. The van der Waals surface area contributed by atoms with Crippen LogP contribution in [0, 0.1) is 34.5 Å². The summed E-state index contributed by atoms with van der Waals surface area (Å²) in [6, 6.07) is 5.48. The average Bonchev–Trinajstić information content (AvgIpc) is 3.17. The first-order valence-corrected chi connectivity index (χ1v) is 11.9. The molecule has 2 aliphatic rings. The van der Waals surface area contributed by atoms with Crippen LogP contribution < -0.4 is 10.6 Å². The number of carbonyl (C=O) groups excluding carboxylic acids is 3. The minimum absolute atomic E-state index is 0.0395. The lowest BCUT2D eigenvalue weighted by Gasteiger charge is -2.34. The molecule has 196 valence electrons. The van der Waals surface area contributed by atoms with Crippen LogP contribution in [0.3, 0.4) is 0 Å². The Hall–Kier alpha value is -3.75. The average molecular weight is 517 g/mol. The number of aromatic nitrogens is 2. The molecule has 1 saturated heterocycles. The largest absolute Gasteiger partial charge is 0.471 e. The molecule has 0 radical (unpaired) electrons. The quantitative estimate of drug-likeness (QED) is 0.607. The Morgan fingerprint density at radius 2 is 1.86 bits per heavy atom. The highest BCUT2D eigenvalue weighted by Crippen LogP contribution is 2.65. The topological polar surface area (TPSA) is 128 Å². The molecule has 1 saturated carbocycles. The fraction of sp³-hybridized carbons (Fsp3) is 0.520. The first-order chi connectivity index (χ1) is 17.3. The van der Waals surface area contributed by atoms with Crippen molar-refractivity contribution in [1.82, 2.24) is 25.7 Å². The van der Waals surface area contributed by atoms with Crippen LogP contribution in [-0.2, 0) is 14.4 Å². The maximum absolute atomic E-state index is 13.6. The number of alkyl halides is 3. The van der Waals surface area contributed by atoms with E-state index < -0.39 is 47.9 Å². The first kappa shape index (κ1) is 26.3. The zero-order chi connectivity index (χ0) is 27.3. The SMILES string of the molecule is CC(C)C(NC(=O)C(F)(F)F)C(=O)N1C[C@H]2[C@@H]([C@H]1C(=O)NC(C#N)c1cnnc3ccccc13)C2(C)C. The van der Waals surface area contributed by atoms with Crippen LogP contribution in [0.25, 0.3) is 10.9 Å². The number of benzene rings is 1. The van der Waals surface area contributed by atoms with Gasteiger partial charge in [-0.3, -0.25) is 14.4 Å². The van der Waals surface area contributed by atoms with Crippen LogP contribution in [0.2, 0.25) is 0 Å². The number of amides is 3. The minimum atomic E-state index is -5.15. The molecule has 4 rings (SSSR count). The van der Waals surface area contributed by atoms with E-state index in [4.69, 9.17) is 0 Å². The van der Waals surface area contributed by atoms with E-state index in [2.05, 4.69) is 21.6 Å². The molecular formula is C25H27F3N6O3. The van der Waals surface area contributed by atoms with Crippen LogP contribution in [0.1, 0.15) is 39.3 Å². The Balaban J connectivity index is 1.61. The van der Waals surface area contributed by atoms with Gasteiger partial charge in [0, 0.05) is 17.5 Å². The lowest BCUT2D eigenvalue weighted by Crippen LogP contribution is -2.58. The third-order valence-corrected chi connectivity index (χ3v) is 7.54. The lowest BCUT2D eigenvalue weighted by molar-refractivity contribution is -0.175. The second-order valence-corrected chi connectivity index (χ2v) is 10.5. The van der Waals surface area contributed by atoms with Crippen LogP contribution in [-0.4, -0.2) is 57.6 Å². The zero-order valence-electron chi connectivity index (χ0n) is 20.7. The highest BCUT2D eigenvalue weighted by Gasteiger charge is 2.69. The third kappa shape index (κ3) is 4.70. The van der Waals surface area contributed by atoms with Gasteiger partial charge < -0.3 is 15.5 Å². The minimum Gasteiger partial charge on any atom is -0.336 e. The standard InChI is InChI=1S/C25H27F3N6O3/c1-12(2)19(32-23(37)25(26,27)28)22(36)34-11-15-18(24(15,3)4)20(34)21(35)31-17(9-29)14-10-30-33-16-8-6-5-7-13(14)16/h5-8,10,12,15,17-20H,11H2,1-4H3,(H,31,35)(H,32,37)/t15-,17?,18-,19?,20-/m0/s1. The predicted octanol–water partition coefficient (Wildman–Crippen LogP) is 2.50. The summed E-state index contributed by atoms with van der Waals surface area (Å²) in [7, 11) is 0. The summed E-state index contributed by atoms with van der Waals surface area (Å²) in [4.78, 5) is 39.9. The van der Waals surface area contributed by atoms with E-state index in [9.17, 15) is 32.8 Å². The van der Waals surface area contributed by atoms with Crippen LogP contribution in [0.5, 0.6) is 0 Å². The summed E-state index contributed by atoms with van der Waals surface area (Å²) < 4.78 is 38.7. The Labute approximate surface area is 211 Å². The smallest absolute Gasteiger partial charge is 0.336 e. The number of hydrogen-bond acceptors (Lipinski definition) is 6. The monoisotopic (exact) mass is 516 g/mol. The molecule has 1 aromatic heterocycles. The van der Waals surface area contributed by atoms with Crippen molar-refractivity contribution in [1.29, 1.82) is 5.26 Å². The molecule has 3 amide bonds. The Bertz CT molecular complexity index is 1280. The van der Waals surface area contributed by atoms with Gasteiger partial charge in [0.1, 0.15) is 18.1 Å². The molecule has 37 heavy (non-hydrogen) atoms.